The van der Waals surface area contributed by atoms with Crippen LogP contribution in [0.4, 0.5) is 0 Å². The van der Waals surface area contributed by atoms with E-state index in [1.165, 1.54) is 5.75 Å². The zero-order valence-electron chi connectivity index (χ0n) is 10.6. The van der Waals surface area contributed by atoms with Crippen LogP contribution in [0.15, 0.2) is 0 Å². The van der Waals surface area contributed by atoms with Gasteiger partial charge in [-0.1, -0.05) is 13.8 Å². The van der Waals surface area contributed by atoms with Crippen LogP contribution in [0, 0.1) is 5.92 Å². The van der Waals surface area contributed by atoms with E-state index in [-0.39, 0.29) is 5.91 Å². The van der Waals surface area contributed by atoms with Gasteiger partial charge in [0.2, 0.25) is 5.91 Å². The second-order valence-electron chi connectivity index (χ2n) is 5.04. The summed E-state index contributed by atoms with van der Waals surface area (Å²) in [5, 5.41) is 6.48. The molecular formula is C12H24N2OS. The molecule has 0 bridgehead atoms. The first kappa shape index (κ1) is 13.8. The zero-order chi connectivity index (χ0) is 12.0. The fourth-order valence-electron chi connectivity index (χ4n) is 1.81. The number of carbonyl (C=O) groups excluding carboxylic acids is 1. The van der Waals surface area contributed by atoms with Crippen LogP contribution in [-0.4, -0.2) is 36.0 Å². The van der Waals surface area contributed by atoms with E-state index >= 15 is 0 Å². The van der Waals surface area contributed by atoms with Crippen LogP contribution in [0.2, 0.25) is 0 Å². The van der Waals surface area contributed by atoms with Gasteiger partial charge in [-0.05, 0) is 25.0 Å². The van der Waals surface area contributed by atoms with E-state index < -0.39 is 0 Å². The van der Waals surface area contributed by atoms with Crippen LogP contribution >= 0.6 is 11.8 Å². The van der Waals surface area contributed by atoms with Crippen LogP contribution in [-0.2, 0) is 4.79 Å². The van der Waals surface area contributed by atoms with Crippen molar-refractivity contribution < 1.29 is 4.79 Å². The molecule has 0 radical (unpaired) electrons. The van der Waals surface area contributed by atoms with Crippen molar-refractivity contribution in [2.24, 2.45) is 5.92 Å². The van der Waals surface area contributed by atoms with Crippen molar-refractivity contribution in [3.05, 3.63) is 0 Å². The van der Waals surface area contributed by atoms with Crippen molar-refractivity contribution in [3.63, 3.8) is 0 Å². The standard InChI is InChI=1S/C12H24N2OS/c1-9(2)7-16-8-10(3)14-11-4-5-12(15)13-6-11/h9-11,14H,4-8H2,1-3H3,(H,13,15). The summed E-state index contributed by atoms with van der Waals surface area (Å²) in [4.78, 5) is 11.0. The third-order valence-electron chi connectivity index (χ3n) is 2.60. The Morgan fingerprint density at radius 3 is 2.75 bits per heavy atom. The maximum absolute atomic E-state index is 11.0. The van der Waals surface area contributed by atoms with Gasteiger partial charge in [0.1, 0.15) is 0 Å². The molecule has 1 saturated heterocycles. The predicted molar refractivity (Wildman–Crippen MR) is 70.8 cm³/mol. The van der Waals surface area contributed by atoms with Gasteiger partial charge in [-0.25, -0.2) is 0 Å². The van der Waals surface area contributed by atoms with Gasteiger partial charge in [0.05, 0.1) is 0 Å². The second-order valence-corrected chi connectivity index (χ2v) is 6.11. The summed E-state index contributed by atoms with van der Waals surface area (Å²) in [6.45, 7) is 7.52. The lowest BCUT2D eigenvalue weighted by Gasteiger charge is -2.27. The van der Waals surface area contributed by atoms with Crippen LogP contribution in [0.25, 0.3) is 0 Å². The number of hydrogen-bond acceptors (Lipinski definition) is 3. The Bertz CT molecular complexity index is 211. The molecule has 3 nitrogen and oxygen atoms in total. The normalized spacial score (nSPS) is 23.2. The van der Waals surface area contributed by atoms with E-state index in [0.29, 0.717) is 18.5 Å². The highest BCUT2D eigenvalue weighted by Crippen LogP contribution is 2.10. The topological polar surface area (TPSA) is 41.1 Å². The average Bonchev–Trinajstić information content (AvgIpc) is 2.21. The fraction of sp³-hybridized carbons (Fsp3) is 0.917. The summed E-state index contributed by atoms with van der Waals surface area (Å²) in [7, 11) is 0. The van der Waals surface area contributed by atoms with Crippen LogP contribution < -0.4 is 10.6 Å². The molecule has 0 spiro atoms. The third kappa shape index (κ3) is 5.75. The molecule has 1 aliphatic rings. The van der Waals surface area contributed by atoms with E-state index in [1.807, 2.05) is 11.8 Å². The minimum absolute atomic E-state index is 0.194. The molecule has 0 aliphatic carbocycles. The van der Waals surface area contributed by atoms with Crippen molar-refractivity contribution >= 4 is 17.7 Å². The average molecular weight is 244 g/mol. The highest BCUT2D eigenvalue weighted by Gasteiger charge is 2.18. The summed E-state index contributed by atoms with van der Waals surface area (Å²) in [6, 6.07) is 0.996. The number of piperidine rings is 1. The van der Waals surface area contributed by atoms with Gasteiger partial charge >= 0.3 is 0 Å². The van der Waals surface area contributed by atoms with Crippen molar-refractivity contribution in [1.29, 1.82) is 0 Å². The van der Waals surface area contributed by atoms with E-state index in [1.54, 1.807) is 0 Å². The van der Waals surface area contributed by atoms with Gasteiger partial charge in [-0.3, -0.25) is 4.79 Å². The summed E-state index contributed by atoms with van der Waals surface area (Å²) in [5.41, 5.74) is 0. The molecule has 2 atom stereocenters. The summed E-state index contributed by atoms with van der Waals surface area (Å²) in [6.07, 6.45) is 1.65. The first-order valence-corrected chi connectivity index (χ1v) is 7.34. The van der Waals surface area contributed by atoms with E-state index in [0.717, 1.165) is 24.6 Å². The van der Waals surface area contributed by atoms with Crippen molar-refractivity contribution in [2.75, 3.05) is 18.1 Å². The minimum atomic E-state index is 0.194. The molecule has 0 aromatic heterocycles. The quantitative estimate of drug-likeness (QED) is 0.746. The molecular weight excluding hydrogens is 220 g/mol. The molecule has 1 aliphatic heterocycles. The Balaban J connectivity index is 2.09. The zero-order valence-corrected chi connectivity index (χ0v) is 11.4. The summed E-state index contributed by atoms with van der Waals surface area (Å²) < 4.78 is 0. The van der Waals surface area contributed by atoms with Crippen molar-refractivity contribution in [1.82, 2.24) is 10.6 Å². The Morgan fingerprint density at radius 2 is 2.19 bits per heavy atom. The minimum Gasteiger partial charge on any atom is -0.355 e. The Labute approximate surface area is 103 Å². The Kier molecular flexibility index (Phi) is 6.21. The molecule has 1 rings (SSSR count). The first-order chi connectivity index (χ1) is 7.58. The van der Waals surface area contributed by atoms with Crippen LogP contribution in [0.5, 0.6) is 0 Å². The summed E-state index contributed by atoms with van der Waals surface area (Å²) >= 11 is 2.01. The molecule has 1 fully saturated rings. The monoisotopic (exact) mass is 244 g/mol. The van der Waals surface area contributed by atoms with Crippen LogP contribution in [0.1, 0.15) is 33.6 Å². The molecule has 2 N–H and O–H groups in total. The van der Waals surface area contributed by atoms with Crippen LogP contribution in [0.3, 0.4) is 0 Å². The number of amides is 1. The smallest absolute Gasteiger partial charge is 0.220 e. The molecule has 1 amide bonds. The molecule has 1 heterocycles. The Morgan fingerprint density at radius 1 is 1.44 bits per heavy atom. The molecule has 16 heavy (non-hydrogen) atoms. The molecule has 0 aromatic rings. The third-order valence-corrected chi connectivity index (χ3v) is 4.24. The van der Waals surface area contributed by atoms with Crippen molar-refractivity contribution in [2.45, 2.75) is 45.7 Å². The predicted octanol–water partition coefficient (Wildman–Crippen LogP) is 1.63. The fourth-order valence-corrected chi connectivity index (χ4v) is 2.86. The number of nitrogens with one attached hydrogen (secondary N) is 2. The molecule has 2 unspecified atom stereocenters. The van der Waals surface area contributed by atoms with Gasteiger partial charge in [0.25, 0.3) is 0 Å². The van der Waals surface area contributed by atoms with Gasteiger partial charge < -0.3 is 10.6 Å². The molecule has 0 saturated carbocycles. The van der Waals surface area contributed by atoms with E-state index in [9.17, 15) is 4.79 Å². The molecule has 4 heteroatoms. The Hall–Kier alpha value is -0.220. The lowest BCUT2D eigenvalue weighted by atomic mass is 10.1. The summed E-state index contributed by atoms with van der Waals surface area (Å²) in [5.74, 6) is 3.35. The molecule has 0 aromatic carbocycles. The van der Waals surface area contributed by atoms with Gasteiger partial charge in [0.15, 0.2) is 0 Å². The largest absolute Gasteiger partial charge is 0.355 e. The van der Waals surface area contributed by atoms with Gasteiger partial charge in [0, 0.05) is 30.8 Å². The van der Waals surface area contributed by atoms with Gasteiger partial charge in [-0.15, -0.1) is 0 Å². The van der Waals surface area contributed by atoms with E-state index in [2.05, 4.69) is 31.4 Å². The maximum atomic E-state index is 11.0. The van der Waals surface area contributed by atoms with E-state index in [4.69, 9.17) is 0 Å². The lowest BCUT2D eigenvalue weighted by molar-refractivity contribution is -0.122. The lowest BCUT2D eigenvalue weighted by Crippen LogP contribution is -2.49. The highest BCUT2D eigenvalue weighted by molar-refractivity contribution is 7.99. The number of thioether (sulfide) groups is 1. The molecule has 94 valence electrons. The first-order valence-electron chi connectivity index (χ1n) is 6.18. The highest BCUT2D eigenvalue weighted by atomic mass is 32.2. The SMILES string of the molecule is CC(C)CSCC(C)NC1CCC(=O)NC1. The second kappa shape index (κ2) is 7.17. The number of rotatable bonds is 6. The number of hydrogen-bond donors (Lipinski definition) is 2. The maximum Gasteiger partial charge on any atom is 0.220 e. The van der Waals surface area contributed by atoms with Gasteiger partial charge in [-0.2, -0.15) is 11.8 Å². The van der Waals surface area contributed by atoms with Crippen molar-refractivity contribution in [3.8, 4) is 0 Å². The number of carbonyl (C=O) groups is 1.